The van der Waals surface area contributed by atoms with Gasteiger partial charge in [0.1, 0.15) is 0 Å². The number of nitro benzene ring substituents is 1. The van der Waals surface area contributed by atoms with Gasteiger partial charge in [-0.05, 0) is 30.7 Å². The van der Waals surface area contributed by atoms with E-state index < -0.39 is 26.8 Å². The number of nitrogens with zero attached hydrogens (tertiary/aromatic N) is 1. The predicted molar refractivity (Wildman–Crippen MR) is 87.9 cm³/mol. The molecule has 0 aliphatic carbocycles. The highest BCUT2D eigenvalue weighted by Gasteiger charge is 2.25. The number of aldehydes is 1. The van der Waals surface area contributed by atoms with Crippen LogP contribution in [0.25, 0.3) is 0 Å². The highest BCUT2D eigenvalue weighted by molar-refractivity contribution is 7.86. The summed E-state index contributed by atoms with van der Waals surface area (Å²) in [6.45, 7) is 1.79. The van der Waals surface area contributed by atoms with Gasteiger partial charge in [-0.15, -0.1) is 0 Å². The summed E-state index contributed by atoms with van der Waals surface area (Å²) in [7, 11) is -2.96. The molecule has 2 aromatic rings. The van der Waals surface area contributed by atoms with Crippen molar-refractivity contribution in [2.75, 3.05) is 7.11 Å². The van der Waals surface area contributed by atoms with Crippen molar-refractivity contribution >= 4 is 22.1 Å². The maximum atomic E-state index is 12.3. The van der Waals surface area contributed by atoms with Gasteiger partial charge < -0.3 is 9.53 Å². The molecule has 0 saturated heterocycles. The quantitative estimate of drug-likeness (QED) is 0.321. The number of ether oxygens (including phenoxy) is 1. The van der Waals surface area contributed by atoms with Crippen LogP contribution in [-0.2, 0) is 19.1 Å². The Morgan fingerprint density at radius 2 is 1.80 bits per heavy atom. The first-order valence-corrected chi connectivity index (χ1v) is 8.47. The minimum absolute atomic E-state index is 0.0141. The zero-order valence-corrected chi connectivity index (χ0v) is 14.2. The van der Waals surface area contributed by atoms with Gasteiger partial charge in [0.15, 0.2) is 18.1 Å². The van der Waals surface area contributed by atoms with E-state index in [1.807, 2.05) is 0 Å². The fourth-order valence-electron chi connectivity index (χ4n) is 2.08. The number of benzene rings is 2. The van der Waals surface area contributed by atoms with Crippen LogP contribution < -0.4 is 4.74 Å². The van der Waals surface area contributed by atoms with Crippen LogP contribution in [0.1, 0.15) is 17.2 Å². The lowest BCUT2D eigenvalue weighted by molar-refractivity contribution is -0.385. The maximum absolute atomic E-state index is 12.3. The average molecular weight is 365 g/mol. The minimum Gasteiger partial charge on any atom is -0.490 e. The van der Waals surface area contributed by atoms with E-state index >= 15 is 0 Å². The molecule has 9 heteroatoms. The van der Waals surface area contributed by atoms with E-state index in [0.717, 1.165) is 11.6 Å². The lowest BCUT2D eigenvalue weighted by Crippen LogP contribution is -2.14. The molecule has 132 valence electrons. The molecule has 8 nitrogen and oxygen atoms in total. The van der Waals surface area contributed by atoms with Crippen molar-refractivity contribution in [2.45, 2.75) is 17.9 Å². The van der Waals surface area contributed by atoms with E-state index in [4.69, 9.17) is 8.92 Å². The Hall–Kier alpha value is -2.78. The smallest absolute Gasteiger partial charge is 0.311 e. The summed E-state index contributed by atoms with van der Waals surface area (Å²) >= 11 is 0. The largest absolute Gasteiger partial charge is 0.490 e. The van der Waals surface area contributed by atoms with Crippen molar-refractivity contribution in [3.8, 4) is 5.75 Å². The predicted octanol–water partition coefficient (Wildman–Crippen LogP) is 2.56. The summed E-state index contributed by atoms with van der Waals surface area (Å²) in [5.74, 6) is -0.0141. The number of nitro groups is 1. The third kappa shape index (κ3) is 4.20. The second-order valence-corrected chi connectivity index (χ2v) is 6.68. The van der Waals surface area contributed by atoms with Crippen LogP contribution in [-0.4, -0.2) is 26.7 Å². The normalized spacial score (nSPS) is 12.4. The third-order valence-electron chi connectivity index (χ3n) is 3.39. The Morgan fingerprint density at radius 1 is 1.16 bits per heavy atom. The summed E-state index contributed by atoms with van der Waals surface area (Å²) in [4.78, 5) is 21.6. The molecule has 0 N–H and O–H groups in total. The number of hydrogen-bond acceptors (Lipinski definition) is 7. The van der Waals surface area contributed by atoms with E-state index in [1.165, 1.54) is 31.4 Å². The van der Waals surface area contributed by atoms with Crippen LogP contribution in [0, 0.1) is 17.0 Å². The summed E-state index contributed by atoms with van der Waals surface area (Å²) < 4.78 is 34.4. The van der Waals surface area contributed by atoms with Gasteiger partial charge >= 0.3 is 5.69 Å². The van der Waals surface area contributed by atoms with E-state index in [2.05, 4.69) is 0 Å². The van der Waals surface area contributed by atoms with Crippen LogP contribution in [0.4, 0.5) is 5.69 Å². The highest BCUT2D eigenvalue weighted by atomic mass is 32.2. The van der Waals surface area contributed by atoms with Gasteiger partial charge in [0.25, 0.3) is 10.1 Å². The first-order valence-electron chi connectivity index (χ1n) is 7.06. The maximum Gasteiger partial charge on any atom is 0.311 e. The van der Waals surface area contributed by atoms with Crippen LogP contribution in [0.15, 0.2) is 47.4 Å². The van der Waals surface area contributed by atoms with Gasteiger partial charge in [0.2, 0.25) is 0 Å². The van der Waals surface area contributed by atoms with Gasteiger partial charge in [-0.2, -0.15) is 8.42 Å². The lowest BCUT2D eigenvalue weighted by Gasteiger charge is -2.13. The molecule has 0 aromatic heterocycles. The topological polar surface area (TPSA) is 113 Å². The van der Waals surface area contributed by atoms with Crippen molar-refractivity contribution in [1.82, 2.24) is 0 Å². The van der Waals surface area contributed by atoms with Crippen molar-refractivity contribution in [1.29, 1.82) is 0 Å². The molecule has 1 atom stereocenters. The molecule has 0 aliphatic heterocycles. The van der Waals surface area contributed by atoms with Gasteiger partial charge in [0, 0.05) is 6.07 Å². The highest BCUT2D eigenvalue weighted by Crippen LogP contribution is 2.31. The molecule has 0 radical (unpaired) electrons. The van der Waals surface area contributed by atoms with Crippen molar-refractivity contribution in [2.24, 2.45) is 0 Å². The molecule has 0 aliphatic rings. The van der Waals surface area contributed by atoms with Crippen LogP contribution in [0.3, 0.4) is 0 Å². The number of carbonyl (C=O) groups is 1. The molecule has 2 rings (SSSR count). The third-order valence-corrected chi connectivity index (χ3v) is 4.70. The number of rotatable bonds is 7. The fourth-order valence-corrected chi connectivity index (χ4v) is 3.09. The minimum atomic E-state index is -4.22. The molecule has 0 amide bonds. The van der Waals surface area contributed by atoms with Gasteiger partial charge in [-0.3, -0.25) is 14.3 Å². The molecule has 0 heterocycles. The first-order chi connectivity index (χ1) is 11.8. The Labute approximate surface area is 144 Å². The van der Waals surface area contributed by atoms with Gasteiger partial charge in [-0.1, -0.05) is 23.8 Å². The number of methoxy groups -OCH3 is 1. The molecule has 1 unspecified atom stereocenters. The summed E-state index contributed by atoms with van der Waals surface area (Å²) in [6.07, 6.45) is -1.26. The molecule has 0 saturated carbocycles. The Morgan fingerprint density at radius 3 is 2.32 bits per heavy atom. The molecular weight excluding hydrogens is 350 g/mol. The van der Waals surface area contributed by atoms with E-state index in [-0.39, 0.29) is 22.5 Å². The van der Waals surface area contributed by atoms with Crippen LogP contribution in [0.2, 0.25) is 0 Å². The molecular formula is C16H15NO7S. The Bertz CT molecular complexity index is 891. The van der Waals surface area contributed by atoms with Gasteiger partial charge in [0.05, 0.1) is 16.9 Å². The second-order valence-electron chi connectivity index (χ2n) is 5.11. The zero-order valence-electron chi connectivity index (χ0n) is 13.4. The van der Waals surface area contributed by atoms with E-state index in [0.29, 0.717) is 0 Å². The monoisotopic (exact) mass is 365 g/mol. The summed E-state index contributed by atoms with van der Waals surface area (Å²) in [6, 6.07) is 9.52. The van der Waals surface area contributed by atoms with E-state index in [9.17, 15) is 23.3 Å². The fraction of sp³-hybridized carbons (Fsp3) is 0.188. The van der Waals surface area contributed by atoms with Crippen molar-refractivity contribution < 1.29 is 27.1 Å². The summed E-state index contributed by atoms with van der Waals surface area (Å²) in [5, 5.41) is 11.1. The van der Waals surface area contributed by atoms with Gasteiger partial charge in [-0.25, -0.2) is 0 Å². The zero-order chi connectivity index (χ0) is 18.6. The van der Waals surface area contributed by atoms with Crippen molar-refractivity contribution in [3.05, 3.63) is 63.7 Å². The number of carbonyl (C=O) groups excluding carboxylic acids is 1. The molecule has 0 bridgehead atoms. The molecule has 2 aromatic carbocycles. The van der Waals surface area contributed by atoms with Crippen LogP contribution >= 0.6 is 0 Å². The standard InChI is InChI=1S/C16H15NO7S/c1-11-3-6-13(7-4-11)25(21,22)24-16(10-18)12-5-8-15(23-2)14(9-12)17(19)20/h3-10,16H,1-2H3. The van der Waals surface area contributed by atoms with Crippen LogP contribution in [0.5, 0.6) is 5.75 Å². The average Bonchev–Trinajstić information content (AvgIpc) is 2.59. The Kier molecular flexibility index (Phi) is 5.50. The van der Waals surface area contributed by atoms with E-state index in [1.54, 1.807) is 19.1 Å². The molecule has 25 heavy (non-hydrogen) atoms. The Balaban J connectivity index is 2.37. The SMILES string of the molecule is COc1ccc(C(C=O)OS(=O)(=O)c2ccc(C)cc2)cc1[N+](=O)[O-]. The van der Waals surface area contributed by atoms with Crippen molar-refractivity contribution in [3.63, 3.8) is 0 Å². The molecule has 0 fully saturated rings. The number of hydrogen-bond donors (Lipinski definition) is 0. The summed E-state index contributed by atoms with van der Waals surface area (Å²) in [5.41, 5.74) is 0.484. The second kappa shape index (κ2) is 7.41. The lowest BCUT2D eigenvalue weighted by atomic mass is 10.1. The molecule has 0 spiro atoms. The first kappa shape index (κ1) is 18.6. The number of aryl methyl sites for hydroxylation is 1.